The van der Waals surface area contributed by atoms with Gasteiger partial charge in [-0.15, -0.1) is 0 Å². The standard InChI is InChI=1S/C13H9BrClF2N/c14-9-4-5-12(11(16)6-9)18-7-8-2-1-3-10(15)13(8)17/h1-6,18H,7H2. The second-order valence-corrected chi connectivity index (χ2v) is 5.01. The molecule has 0 aliphatic carbocycles. The van der Waals surface area contributed by atoms with E-state index in [1.165, 1.54) is 12.1 Å². The zero-order chi connectivity index (χ0) is 13.1. The molecule has 0 radical (unpaired) electrons. The van der Waals surface area contributed by atoms with Gasteiger partial charge in [-0.05, 0) is 24.3 Å². The monoisotopic (exact) mass is 331 g/mol. The van der Waals surface area contributed by atoms with E-state index in [1.54, 1.807) is 24.3 Å². The first-order chi connectivity index (χ1) is 8.58. The summed E-state index contributed by atoms with van der Waals surface area (Å²) >= 11 is 8.83. The van der Waals surface area contributed by atoms with Crippen molar-refractivity contribution in [3.8, 4) is 0 Å². The van der Waals surface area contributed by atoms with Crippen LogP contribution in [0.1, 0.15) is 5.56 Å². The summed E-state index contributed by atoms with van der Waals surface area (Å²) in [6.45, 7) is 0.172. The Morgan fingerprint density at radius 3 is 2.67 bits per heavy atom. The van der Waals surface area contributed by atoms with Gasteiger partial charge in [-0.3, -0.25) is 0 Å². The highest BCUT2D eigenvalue weighted by atomic mass is 79.9. The van der Waals surface area contributed by atoms with E-state index < -0.39 is 11.6 Å². The summed E-state index contributed by atoms with van der Waals surface area (Å²) in [7, 11) is 0. The van der Waals surface area contributed by atoms with Crippen molar-refractivity contribution >= 4 is 33.2 Å². The van der Waals surface area contributed by atoms with Gasteiger partial charge in [-0.2, -0.15) is 0 Å². The molecule has 1 N–H and O–H groups in total. The first-order valence-corrected chi connectivity index (χ1v) is 6.37. The minimum absolute atomic E-state index is 0.0607. The van der Waals surface area contributed by atoms with Crippen molar-refractivity contribution in [3.05, 3.63) is 63.1 Å². The Hall–Kier alpha value is -1.13. The molecule has 0 fully saturated rings. The van der Waals surface area contributed by atoms with Crippen LogP contribution in [0.15, 0.2) is 40.9 Å². The normalized spacial score (nSPS) is 10.4. The van der Waals surface area contributed by atoms with Crippen molar-refractivity contribution in [1.29, 1.82) is 0 Å². The van der Waals surface area contributed by atoms with Crippen molar-refractivity contribution in [2.24, 2.45) is 0 Å². The Kier molecular flexibility index (Phi) is 4.19. The van der Waals surface area contributed by atoms with Crippen molar-refractivity contribution < 1.29 is 8.78 Å². The van der Waals surface area contributed by atoms with E-state index in [-0.39, 0.29) is 11.6 Å². The van der Waals surface area contributed by atoms with E-state index in [4.69, 9.17) is 11.6 Å². The van der Waals surface area contributed by atoms with Gasteiger partial charge in [0.1, 0.15) is 11.6 Å². The molecule has 1 nitrogen and oxygen atoms in total. The summed E-state index contributed by atoms with van der Waals surface area (Å²) in [6.07, 6.45) is 0. The van der Waals surface area contributed by atoms with E-state index in [0.717, 1.165) is 0 Å². The number of benzene rings is 2. The number of nitrogens with one attached hydrogen (secondary N) is 1. The molecule has 0 aromatic heterocycles. The summed E-state index contributed by atoms with van der Waals surface area (Å²) in [4.78, 5) is 0. The van der Waals surface area contributed by atoms with Crippen LogP contribution in [0.25, 0.3) is 0 Å². The minimum Gasteiger partial charge on any atom is -0.378 e. The van der Waals surface area contributed by atoms with Crippen molar-refractivity contribution in [1.82, 2.24) is 0 Å². The van der Waals surface area contributed by atoms with Gasteiger partial charge >= 0.3 is 0 Å². The lowest BCUT2D eigenvalue weighted by Crippen LogP contribution is -2.03. The Morgan fingerprint density at radius 1 is 1.17 bits per heavy atom. The van der Waals surface area contributed by atoms with Gasteiger partial charge in [-0.25, -0.2) is 8.78 Å². The average Bonchev–Trinajstić information content (AvgIpc) is 2.33. The fraction of sp³-hybridized carbons (Fsp3) is 0.0769. The maximum Gasteiger partial charge on any atom is 0.147 e. The van der Waals surface area contributed by atoms with Gasteiger partial charge in [0, 0.05) is 16.6 Å². The van der Waals surface area contributed by atoms with E-state index in [2.05, 4.69) is 21.2 Å². The molecule has 0 spiro atoms. The van der Waals surface area contributed by atoms with Crippen molar-refractivity contribution in [2.45, 2.75) is 6.54 Å². The second kappa shape index (κ2) is 5.67. The lowest BCUT2D eigenvalue weighted by molar-refractivity contribution is 0.610. The van der Waals surface area contributed by atoms with Crippen LogP contribution < -0.4 is 5.32 Å². The maximum atomic E-state index is 13.6. The Bertz CT molecular complexity index is 575. The molecule has 0 heterocycles. The van der Waals surface area contributed by atoms with Gasteiger partial charge in [0.25, 0.3) is 0 Å². The van der Waals surface area contributed by atoms with Crippen LogP contribution in [0.3, 0.4) is 0 Å². The molecular formula is C13H9BrClF2N. The van der Waals surface area contributed by atoms with Crippen LogP contribution in [0.5, 0.6) is 0 Å². The average molecular weight is 333 g/mol. The molecule has 0 aliphatic heterocycles. The van der Waals surface area contributed by atoms with E-state index in [9.17, 15) is 8.78 Å². The van der Waals surface area contributed by atoms with Crippen molar-refractivity contribution in [3.63, 3.8) is 0 Å². The summed E-state index contributed by atoms with van der Waals surface area (Å²) in [5, 5.41) is 2.89. The fourth-order valence-corrected chi connectivity index (χ4v) is 2.04. The maximum absolute atomic E-state index is 13.6. The first kappa shape index (κ1) is 13.3. The molecule has 0 saturated heterocycles. The molecule has 2 aromatic rings. The number of anilines is 1. The number of hydrogen-bond donors (Lipinski definition) is 1. The topological polar surface area (TPSA) is 12.0 Å². The third-order valence-corrected chi connectivity index (χ3v) is 3.22. The third-order valence-electron chi connectivity index (χ3n) is 2.43. The van der Waals surface area contributed by atoms with E-state index >= 15 is 0 Å². The van der Waals surface area contributed by atoms with Gasteiger partial charge < -0.3 is 5.32 Å². The van der Waals surface area contributed by atoms with Gasteiger partial charge in [0.15, 0.2) is 0 Å². The highest BCUT2D eigenvalue weighted by Gasteiger charge is 2.07. The second-order valence-electron chi connectivity index (χ2n) is 3.69. The summed E-state index contributed by atoms with van der Waals surface area (Å²) < 4.78 is 27.8. The highest BCUT2D eigenvalue weighted by molar-refractivity contribution is 9.10. The molecule has 0 atom stereocenters. The number of hydrogen-bond acceptors (Lipinski definition) is 1. The molecule has 18 heavy (non-hydrogen) atoms. The lowest BCUT2D eigenvalue weighted by Gasteiger charge is -2.09. The van der Waals surface area contributed by atoms with Gasteiger partial charge in [0.2, 0.25) is 0 Å². The van der Waals surface area contributed by atoms with Crippen LogP contribution in [-0.2, 0) is 6.54 Å². The summed E-state index contributed by atoms with van der Waals surface area (Å²) in [6, 6.07) is 9.37. The highest BCUT2D eigenvalue weighted by Crippen LogP contribution is 2.22. The number of rotatable bonds is 3. The molecule has 0 saturated carbocycles. The molecule has 0 amide bonds. The molecule has 2 aromatic carbocycles. The van der Waals surface area contributed by atoms with Crippen LogP contribution in [0, 0.1) is 11.6 Å². The van der Waals surface area contributed by atoms with Crippen LogP contribution >= 0.6 is 27.5 Å². The minimum atomic E-state index is -0.482. The van der Waals surface area contributed by atoms with Crippen LogP contribution in [-0.4, -0.2) is 0 Å². The Balaban J connectivity index is 2.14. The zero-order valence-corrected chi connectivity index (χ0v) is 11.5. The smallest absolute Gasteiger partial charge is 0.147 e. The molecular weight excluding hydrogens is 324 g/mol. The molecule has 2 rings (SSSR count). The molecule has 0 unspecified atom stereocenters. The van der Waals surface area contributed by atoms with Gasteiger partial charge in [0.05, 0.1) is 10.7 Å². The van der Waals surface area contributed by atoms with Crippen LogP contribution in [0.2, 0.25) is 5.02 Å². The molecule has 0 bridgehead atoms. The Morgan fingerprint density at radius 2 is 1.94 bits per heavy atom. The van der Waals surface area contributed by atoms with Crippen LogP contribution in [0.4, 0.5) is 14.5 Å². The third kappa shape index (κ3) is 3.00. The Labute approximate surface area is 117 Å². The summed E-state index contributed by atoms with van der Waals surface area (Å²) in [5.41, 5.74) is 0.711. The SMILES string of the molecule is Fc1cc(Br)ccc1NCc1cccc(Cl)c1F. The van der Waals surface area contributed by atoms with E-state index in [0.29, 0.717) is 15.7 Å². The quantitative estimate of drug-likeness (QED) is 0.834. The molecule has 94 valence electrons. The molecule has 5 heteroatoms. The predicted molar refractivity (Wildman–Crippen MR) is 72.8 cm³/mol. The van der Waals surface area contributed by atoms with E-state index in [1.807, 2.05) is 0 Å². The summed E-state index contributed by atoms with van der Waals surface area (Å²) in [5.74, 6) is -0.879. The predicted octanol–water partition coefficient (Wildman–Crippen LogP) is 4.99. The zero-order valence-electron chi connectivity index (χ0n) is 9.18. The lowest BCUT2D eigenvalue weighted by atomic mass is 10.2. The fourth-order valence-electron chi connectivity index (χ4n) is 1.51. The van der Waals surface area contributed by atoms with Gasteiger partial charge in [-0.1, -0.05) is 39.7 Å². The largest absolute Gasteiger partial charge is 0.378 e. The van der Waals surface area contributed by atoms with Crippen molar-refractivity contribution in [2.75, 3.05) is 5.32 Å². The number of halogens is 4. The first-order valence-electron chi connectivity index (χ1n) is 5.20. The molecule has 0 aliphatic rings.